The zero-order valence-corrected chi connectivity index (χ0v) is 15.3. The van der Waals surface area contributed by atoms with E-state index in [1.165, 1.54) is 22.1 Å². The molecule has 3 heterocycles. The highest BCUT2D eigenvalue weighted by atomic mass is 35.5. The Kier molecular flexibility index (Phi) is 3.66. The van der Waals surface area contributed by atoms with Crippen LogP contribution in [0.15, 0.2) is 66.6 Å². The fourth-order valence-corrected chi connectivity index (χ4v) is 4.09. The van der Waals surface area contributed by atoms with Crippen molar-refractivity contribution in [2.24, 2.45) is 0 Å². The van der Waals surface area contributed by atoms with Gasteiger partial charge in [-0.15, -0.1) is 0 Å². The normalized spacial score (nSPS) is 18.2. The lowest BCUT2D eigenvalue weighted by Crippen LogP contribution is -2.28. The second-order valence-electron chi connectivity index (χ2n) is 6.49. The highest BCUT2D eigenvalue weighted by Crippen LogP contribution is 2.45. The van der Waals surface area contributed by atoms with E-state index >= 15 is 0 Å². The van der Waals surface area contributed by atoms with E-state index in [2.05, 4.69) is 33.8 Å². The van der Waals surface area contributed by atoms with E-state index in [0.717, 1.165) is 23.2 Å². The average Bonchev–Trinajstić information content (AvgIpc) is 2.69. The number of benzene rings is 2. The van der Waals surface area contributed by atoms with Crippen molar-refractivity contribution >= 4 is 45.2 Å². The molecule has 0 fully saturated rings. The van der Waals surface area contributed by atoms with Gasteiger partial charge >= 0.3 is 0 Å². The van der Waals surface area contributed by atoms with Crippen LogP contribution in [0, 0.1) is 0 Å². The molecule has 0 aliphatic carbocycles. The van der Waals surface area contributed by atoms with E-state index in [-0.39, 0.29) is 6.04 Å². The third kappa shape index (κ3) is 2.39. The van der Waals surface area contributed by atoms with E-state index in [9.17, 15) is 0 Å². The number of anilines is 1. The molecule has 1 atom stereocenters. The molecule has 2 aliphatic heterocycles. The Morgan fingerprint density at radius 3 is 2.85 bits per heavy atom. The van der Waals surface area contributed by atoms with Gasteiger partial charge < -0.3 is 10.6 Å². The van der Waals surface area contributed by atoms with Gasteiger partial charge in [-0.25, -0.2) is 0 Å². The monoisotopic (exact) mass is 379 g/mol. The van der Waals surface area contributed by atoms with Crippen LogP contribution in [0.1, 0.15) is 17.2 Å². The second kappa shape index (κ2) is 6.04. The molecule has 3 nitrogen and oxygen atoms in total. The van der Waals surface area contributed by atoms with Gasteiger partial charge in [0.1, 0.15) is 0 Å². The summed E-state index contributed by atoms with van der Waals surface area (Å²) < 4.78 is 0. The highest BCUT2D eigenvalue weighted by Gasteiger charge is 2.29. The number of pyridine rings is 1. The maximum absolute atomic E-state index is 6.29. The molecule has 2 aromatic carbocycles. The van der Waals surface area contributed by atoms with Crippen molar-refractivity contribution in [2.75, 3.05) is 11.9 Å². The van der Waals surface area contributed by atoms with E-state index in [0.29, 0.717) is 10.0 Å². The summed E-state index contributed by atoms with van der Waals surface area (Å²) in [6.45, 7) is 0.786. The Morgan fingerprint density at radius 1 is 1.04 bits per heavy atom. The van der Waals surface area contributed by atoms with Gasteiger partial charge in [-0.2, -0.15) is 0 Å². The molecular formula is C21H15Cl2N3. The van der Waals surface area contributed by atoms with Gasteiger partial charge in [0.2, 0.25) is 0 Å². The summed E-state index contributed by atoms with van der Waals surface area (Å²) >= 11 is 12.4. The summed E-state index contributed by atoms with van der Waals surface area (Å²) in [5, 5.41) is 10.5. The van der Waals surface area contributed by atoms with Gasteiger partial charge in [-0.05, 0) is 52.6 Å². The van der Waals surface area contributed by atoms with E-state index in [1.807, 2.05) is 42.9 Å². The number of hydrogen-bond donors (Lipinski definition) is 2. The molecule has 3 aromatic rings. The molecule has 1 aromatic heterocycles. The number of allylic oxidation sites excluding steroid dienone is 2. The minimum atomic E-state index is 0.0236. The van der Waals surface area contributed by atoms with Crippen LogP contribution in [-0.2, 0) is 0 Å². The van der Waals surface area contributed by atoms with Gasteiger partial charge in [0.25, 0.3) is 0 Å². The topological polar surface area (TPSA) is 37.0 Å². The standard InChI is InChI=1S/C21H15Cl2N3/c22-18-4-2-13(9-19(18)23)20-17-11-25-8-6-14(17)15-3-1-12-5-7-24-10-16(12)21(15)26-20/h1-10,20,25-26H,11H2. The number of hydrogen-bond acceptors (Lipinski definition) is 3. The largest absolute Gasteiger partial charge is 0.387 e. The summed E-state index contributed by atoms with van der Waals surface area (Å²) in [5.41, 5.74) is 5.95. The smallest absolute Gasteiger partial charge is 0.0754 e. The van der Waals surface area contributed by atoms with Crippen LogP contribution in [0.2, 0.25) is 10.0 Å². The van der Waals surface area contributed by atoms with Crippen LogP contribution >= 0.6 is 23.2 Å². The maximum Gasteiger partial charge on any atom is 0.0754 e. The number of halogens is 2. The predicted octanol–water partition coefficient (Wildman–Crippen LogP) is 5.58. The molecular weight excluding hydrogens is 365 g/mol. The van der Waals surface area contributed by atoms with Crippen LogP contribution in [0.25, 0.3) is 16.3 Å². The Hall–Kier alpha value is -2.49. The Bertz CT molecular complexity index is 1100. The van der Waals surface area contributed by atoms with Crippen LogP contribution < -0.4 is 10.6 Å². The van der Waals surface area contributed by atoms with Crippen molar-refractivity contribution in [3.63, 3.8) is 0 Å². The first kappa shape index (κ1) is 15.7. The van der Waals surface area contributed by atoms with Gasteiger partial charge in [0.05, 0.1) is 21.8 Å². The van der Waals surface area contributed by atoms with Gasteiger partial charge in [0, 0.05) is 29.9 Å². The summed E-state index contributed by atoms with van der Waals surface area (Å²) in [6.07, 6.45) is 7.89. The average molecular weight is 380 g/mol. The number of rotatable bonds is 1. The first-order valence-electron chi connectivity index (χ1n) is 8.44. The Morgan fingerprint density at radius 2 is 1.96 bits per heavy atom. The Labute approximate surface area is 161 Å². The van der Waals surface area contributed by atoms with Crippen molar-refractivity contribution in [3.8, 4) is 0 Å². The fourth-order valence-electron chi connectivity index (χ4n) is 3.78. The molecule has 5 heteroatoms. The lowest BCUT2D eigenvalue weighted by atomic mass is 9.84. The molecule has 0 spiro atoms. The molecule has 0 radical (unpaired) electrons. The van der Waals surface area contributed by atoms with E-state index in [4.69, 9.17) is 23.2 Å². The zero-order valence-electron chi connectivity index (χ0n) is 13.8. The lowest BCUT2D eigenvalue weighted by molar-refractivity contribution is 0.803. The molecule has 5 rings (SSSR count). The van der Waals surface area contributed by atoms with Crippen molar-refractivity contribution in [1.29, 1.82) is 0 Å². The van der Waals surface area contributed by atoms with Crippen LogP contribution in [0.3, 0.4) is 0 Å². The molecule has 1 unspecified atom stereocenters. The number of dihydropyridines is 1. The third-order valence-electron chi connectivity index (χ3n) is 5.03. The molecule has 26 heavy (non-hydrogen) atoms. The minimum Gasteiger partial charge on any atom is -0.387 e. The van der Waals surface area contributed by atoms with E-state index < -0.39 is 0 Å². The highest BCUT2D eigenvalue weighted by molar-refractivity contribution is 6.42. The number of fused-ring (bicyclic) bond motifs is 4. The number of aromatic nitrogens is 1. The molecule has 2 N–H and O–H groups in total. The quantitative estimate of drug-likeness (QED) is 0.579. The van der Waals surface area contributed by atoms with Crippen molar-refractivity contribution < 1.29 is 0 Å². The maximum atomic E-state index is 6.29. The fraction of sp³-hybridized carbons (Fsp3) is 0.0952. The molecule has 128 valence electrons. The summed E-state index contributed by atoms with van der Waals surface area (Å²) in [4.78, 5) is 4.32. The van der Waals surface area contributed by atoms with Gasteiger partial charge in [0.15, 0.2) is 0 Å². The summed E-state index contributed by atoms with van der Waals surface area (Å²) in [6, 6.07) is 12.2. The van der Waals surface area contributed by atoms with Crippen molar-refractivity contribution in [3.05, 3.63) is 87.8 Å². The predicted molar refractivity (Wildman–Crippen MR) is 109 cm³/mol. The van der Waals surface area contributed by atoms with Crippen LogP contribution in [0.5, 0.6) is 0 Å². The summed E-state index contributed by atoms with van der Waals surface area (Å²) in [5.74, 6) is 0. The molecule has 0 bridgehead atoms. The molecule has 2 aliphatic rings. The van der Waals surface area contributed by atoms with Crippen LogP contribution in [0.4, 0.5) is 5.69 Å². The minimum absolute atomic E-state index is 0.0236. The van der Waals surface area contributed by atoms with E-state index in [1.54, 1.807) is 0 Å². The lowest BCUT2D eigenvalue weighted by Gasteiger charge is -2.34. The van der Waals surface area contributed by atoms with Gasteiger partial charge in [-0.3, -0.25) is 4.98 Å². The second-order valence-corrected chi connectivity index (χ2v) is 7.30. The molecule has 0 saturated carbocycles. The number of nitrogens with one attached hydrogen (secondary N) is 2. The SMILES string of the molecule is Clc1ccc(C2Nc3c(ccc4ccncc34)C3=C2CNC=C3)cc1Cl. The number of nitrogens with zero attached hydrogens (tertiary/aromatic N) is 1. The van der Waals surface area contributed by atoms with Crippen LogP contribution in [-0.4, -0.2) is 11.5 Å². The van der Waals surface area contributed by atoms with Crippen molar-refractivity contribution in [1.82, 2.24) is 10.3 Å². The third-order valence-corrected chi connectivity index (χ3v) is 5.77. The molecule has 0 amide bonds. The summed E-state index contributed by atoms with van der Waals surface area (Å²) in [7, 11) is 0. The first-order chi connectivity index (χ1) is 12.7. The zero-order chi connectivity index (χ0) is 17.7. The Balaban J connectivity index is 1.75. The molecule has 0 saturated heterocycles. The first-order valence-corrected chi connectivity index (χ1v) is 9.19. The van der Waals surface area contributed by atoms with Gasteiger partial charge in [-0.1, -0.05) is 41.4 Å². The van der Waals surface area contributed by atoms with Crippen molar-refractivity contribution in [2.45, 2.75) is 6.04 Å².